The summed E-state index contributed by atoms with van der Waals surface area (Å²) in [5.41, 5.74) is 7.56. The van der Waals surface area contributed by atoms with Crippen molar-refractivity contribution >= 4 is 0 Å². The Bertz CT molecular complexity index is 511. The number of rotatable bonds is 1. The van der Waals surface area contributed by atoms with Gasteiger partial charge in [0.1, 0.15) is 17.3 Å². The first-order valence-electron chi connectivity index (χ1n) is 5.00. The monoisotopic (exact) mass is 204 g/mol. The van der Waals surface area contributed by atoms with Crippen LogP contribution in [0.25, 0.3) is 11.4 Å². The zero-order valence-corrected chi connectivity index (χ0v) is 8.53. The average molecular weight is 204 g/mol. The van der Waals surface area contributed by atoms with Crippen molar-refractivity contribution in [2.24, 2.45) is 5.73 Å². The van der Waals surface area contributed by atoms with Crippen molar-refractivity contribution in [1.82, 2.24) is 14.5 Å². The Balaban J connectivity index is 2.21. The average Bonchev–Trinajstić information content (AvgIpc) is 2.78. The molecule has 2 aromatic heterocycles. The first-order valence-corrected chi connectivity index (χ1v) is 5.00. The van der Waals surface area contributed by atoms with Crippen LogP contribution in [-0.4, -0.2) is 14.5 Å². The van der Waals surface area contributed by atoms with Crippen LogP contribution < -0.4 is 5.73 Å². The Kier molecular flexibility index (Phi) is 1.70. The lowest BCUT2D eigenvalue weighted by Gasteiger charge is -2.14. The van der Waals surface area contributed by atoms with Crippen LogP contribution in [0.15, 0.2) is 10.6 Å². The van der Waals surface area contributed by atoms with E-state index in [0.29, 0.717) is 12.4 Å². The number of hydrogen-bond acceptors (Lipinski definition) is 4. The molecule has 3 rings (SSSR count). The Morgan fingerprint density at radius 1 is 1.60 bits per heavy atom. The van der Waals surface area contributed by atoms with E-state index in [2.05, 4.69) is 14.5 Å². The third kappa shape index (κ3) is 1.13. The highest BCUT2D eigenvalue weighted by Gasteiger charge is 2.23. The van der Waals surface area contributed by atoms with Gasteiger partial charge in [-0.15, -0.1) is 0 Å². The Labute approximate surface area is 86.9 Å². The number of hydrogen-bond donors (Lipinski definition) is 1. The summed E-state index contributed by atoms with van der Waals surface area (Å²) in [6.07, 6.45) is 2.69. The van der Waals surface area contributed by atoms with Gasteiger partial charge < -0.3 is 14.7 Å². The normalized spacial score (nSPS) is 13.7. The van der Waals surface area contributed by atoms with Crippen LogP contribution in [0.3, 0.4) is 0 Å². The standard InChI is InChI=1S/C10H12N4O/c1-6-13-10-7-5-12-9(4-11)14(7)3-2-8(10)15-6/h5H,2-4,11H2,1H3. The van der Waals surface area contributed by atoms with Crippen LogP contribution >= 0.6 is 0 Å². The molecule has 0 fully saturated rings. The molecule has 5 heteroatoms. The fourth-order valence-corrected chi connectivity index (χ4v) is 2.07. The van der Waals surface area contributed by atoms with Crippen LogP contribution in [0.1, 0.15) is 17.5 Å². The fourth-order valence-electron chi connectivity index (χ4n) is 2.07. The van der Waals surface area contributed by atoms with Crippen LogP contribution in [0.4, 0.5) is 0 Å². The minimum atomic E-state index is 0.464. The molecule has 0 spiro atoms. The molecular formula is C10H12N4O. The number of nitrogens with two attached hydrogens (primary N) is 1. The molecule has 1 aliphatic rings. The van der Waals surface area contributed by atoms with Crippen molar-refractivity contribution in [3.05, 3.63) is 23.7 Å². The maximum Gasteiger partial charge on any atom is 0.191 e. The van der Waals surface area contributed by atoms with E-state index in [9.17, 15) is 0 Å². The molecule has 0 aliphatic carbocycles. The van der Waals surface area contributed by atoms with Crippen molar-refractivity contribution < 1.29 is 4.42 Å². The molecule has 0 amide bonds. The van der Waals surface area contributed by atoms with Gasteiger partial charge in [-0.2, -0.15) is 0 Å². The lowest BCUT2D eigenvalue weighted by atomic mass is 10.1. The molecule has 0 saturated carbocycles. The van der Waals surface area contributed by atoms with E-state index >= 15 is 0 Å². The van der Waals surface area contributed by atoms with Gasteiger partial charge in [0, 0.05) is 19.9 Å². The first-order chi connectivity index (χ1) is 7.29. The number of fused-ring (bicyclic) bond motifs is 3. The SMILES string of the molecule is Cc1nc2c(o1)CCn1c-2cnc1CN. The third-order valence-corrected chi connectivity index (χ3v) is 2.73. The summed E-state index contributed by atoms with van der Waals surface area (Å²) in [5.74, 6) is 2.59. The fraction of sp³-hybridized carbons (Fsp3) is 0.400. The molecule has 0 bridgehead atoms. The van der Waals surface area contributed by atoms with Crippen LogP contribution in [0.2, 0.25) is 0 Å². The van der Waals surface area contributed by atoms with Crippen LogP contribution in [0, 0.1) is 6.92 Å². The van der Waals surface area contributed by atoms with Crippen LogP contribution in [0.5, 0.6) is 0 Å². The summed E-state index contributed by atoms with van der Waals surface area (Å²) in [7, 11) is 0. The van der Waals surface area contributed by atoms with E-state index in [1.807, 2.05) is 13.1 Å². The van der Waals surface area contributed by atoms with Gasteiger partial charge in [0.25, 0.3) is 0 Å². The lowest BCUT2D eigenvalue weighted by Crippen LogP contribution is -2.14. The van der Waals surface area contributed by atoms with Gasteiger partial charge >= 0.3 is 0 Å². The molecule has 3 heterocycles. The summed E-state index contributed by atoms with van der Waals surface area (Å²) in [4.78, 5) is 8.65. The second-order valence-corrected chi connectivity index (χ2v) is 3.67. The molecule has 78 valence electrons. The van der Waals surface area contributed by atoms with E-state index in [1.54, 1.807) is 0 Å². The van der Waals surface area contributed by atoms with E-state index in [1.165, 1.54) is 0 Å². The number of imidazole rings is 1. The second-order valence-electron chi connectivity index (χ2n) is 3.67. The van der Waals surface area contributed by atoms with Gasteiger partial charge in [0.05, 0.1) is 18.4 Å². The zero-order chi connectivity index (χ0) is 10.4. The molecule has 15 heavy (non-hydrogen) atoms. The minimum absolute atomic E-state index is 0.464. The van der Waals surface area contributed by atoms with E-state index in [4.69, 9.17) is 10.2 Å². The second kappa shape index (κ2) is 2.93. The molecule has 0 atom stereocenters. The minimum Gasteiger partial charge on any atom is -0.445 e. The van der Waals surface area contributed by atoms with Gasteiger partial charge in [-0.3, -0.25) is 0 Å². The third-order valence-electron chi connectivity index (χ3n) is 2.73. The van der Waals surface area contributed by atoms with Crippen molar-refractivity contribution in [3.8, 4) is 11.4 Å². The summed E-state index contributed by atoms with van der Waals surface area (Å²) in [6, 6.07) is 0. The van der Waals surface area contributed by atoms with Crippen molar-refractivity contribution in [3.63, 3.8) is 0 Å². The Morgan fingerprint density at radius 2 is 2.47 bits per heavy atom. The summed E-state index contributed by atoms with van der Waals surface area (Å²) < 4.78 is 7.64. The van der Waals surface area contributed by atoms with E-state index in [-0.39, 0.29) is 0 Å². The lowest BCUT2D eigenvalue weighted by molar-refractivity contribution is 0.456. The number of aryl methyl sites for hydroxylation is 2. The van der Waals surface area contributed by atoms with Crippen LogP contribution in [-0.2, 0) is 19.5 Å². The maximum atomic E-state index is 5.62. The largest absolute Gasteiger partial charge is 0.445 e. The van der Waals surface area contributed by atoms with E-state index < -0.39 is 0 Å². The molecular weight excluding hydrogens is 192 g/mol. The highest BCUT2D eigenvalue weighted by Crippen LogP contribution is 2.29. The first kappa shape index (κ1) is 8.67. The molecule has 0 saturated heterocycles. The number of aromatic nitrogens is 3. The summed E-state index contributed by atoms with van der Waals surface area (Å²) >= 11 is 0. The molecule has 5 nitrogen and oxygen atoms in total. The predicted molar refractivity (Wildman–Crippen MR) is 54.1 cm³/mol. The summed E-state index contributed by atoms with van der Waals surface area (Å²) in [6.45, 7) is 3.21. The number of nitrogens with zero attached hydrogens (tertiary/aromatic N) is 3. The highest BCUT2D eigenvalue weighted by atomic mass is 16.4. The van der Waals surface area contributed by atoms with E-state index in [0.717, 1.165) is 35.9 Å². The molecule has 1 aliphatic heterocycles. The molecule has 2 N–H and O–H groups in total. The van der Waals surface area contributed by atoms with Crippen molar-refractivity contribution in [2.75, 3.05) is 0 Å². The Hall–Kier alpha value is -1.62. The molecule has 0 unspecified atom stereocenters. The van der Waals surface area contributed by atoms with Crippen molar-refractivity contribution in [1.29, 1.82) is 0 Å². The molecule has 0 radical (unpaired) electrons. The summed E-state index contributed by atoms with van der Waals surface area (Å²) in [5, 5.41) is 0. The van der Waals surface area contributed by atoms with Crippen molar-refractivity contribution in [2.45, 2.75) is 26.4 Å². The highest BCUT2D eigenvalue weighted by molar-refractivity contribution is 5.58. The number of oxazole rings is 1. The Morgan fingerprint density at radius 3 is 3.27 bits per heavy atom. The smallest absolute Gasteiger partial charge is 0.191 e. The van der Waals surface area contributed by atoms with Gasteiger partial charge in [0.15, 0.2) is 5.89 Å². The topological polar surface area (TPSA) is 69.9 Å². The predicted octanol–water partition coefficient (Wildman–Crippen LogP) is 0.861. The zero-order valence-electron chi connectivity index (χ0n) is 8.53. The molecule has 0 aromatic carbocycles. The van der Waals surface area contributed by atoms with Gasteiger partial charge in [0.2, 0.25) is 0 Å². The van der Waals surface area contributed by atoms with Gasteiger partial charge in [-0.25, -0.2) is 9.97 Å². The van der Waals surface area contributed by atoms with Gasteiger partial charge in [-0.1, -0.05) is 0 Å². The quantitative estimate of drug-likeness (QED) is 0.748. The maximum absolute atomic E-state index is 5.62. The molecule has 2 aromatic rings. The van der Waals surface area contributed by atoms with Gasteiger partial charge in [-0.05, 0) is 0 Å².